The molecular weight excluding hydrogens is 293 g/mol. The van der Waals surface area contributed by atoms with Crippen molar-refractivity contribution in [1.82, 2.24) is 9.38 Å². The molecule has 3 aromatic rings. The first-order valence-electron chi connectivity index (χ1n) is 6.25. The van der Waals surface area contributed by atoms with Gasteiger partial charge in [0.1, 0.15) is 5.65 Å². The predicted molar refractivity (Wildman–Crippen MR) is 83.7 cm³/mol. The van der Waals surface area contributed by atoms with Crippen molar-refractivity contribution in [2.75, 3.05) is 5.32 Å². The molecule has 1 N–H and O–H groups in total. The number of aryl methyl sites for hydroxylation is 1. The van der Waals surface area contributed by atoms with Gasteiger partial charge >= 0.3 is 0 Å². The second kappa shape index (κ2) is 5.35. The molecule has 0 aliphatic heterocycles. The molecule has 2 aromatic heterocycles. The molecule has 2 heterocycles. The van der Waals surface area contributed by atoms with E-state index in [1.54, 1.807) is 0 Å². The van der Waals surface area contributed by atoms with Crippen LogP contribution in [0.1, 0.15) is 11.3 Å². The molecule has 3 nitrogen and oxygen atoms in total. The number of halogens is 2. The first kappa shape index (κ1) is 13.3. The molecule has 1 aromatic carbocycles. The summed E-state index contributed by atoms with van der Waals surface area (Å²) in [6.45, 7) is 2.64. The Morgan fingerprint density at radius 3 is 2.80 bits per heavy atom. The minimum absolute atomic E-state index is 0.615. The van der Waals surface area contributed by atoms with E-state index in [4.69, 9.17) is 23.2 Å². The molecule has 0 fully saturated rings. The van der Waals surface area contributed by atoms with Gasteiger partial charge in [0.15, 0.2) is 0 Å². The van der Waals surface area contributed by atoms with Gasteiger partial charge in [-0.25, -0.2) is 4.98 Å². The number of nitrogens with zero attached hydrogens (tertiary/aromatic N) is 2. The number of fused-ring (bicyclic) bond motifs is 1. The molecule has 0 aliphatic carbocycles. The van der Waals surface area contributed by atoms with Gasteiger partial charge in [-0.15, -0.1) is 0 Å². The smallest absolute Gasteiger partial charge is 0.137 e. The van der Waals surface area contributed by atoms with Gasteiger partial charge in [-0.3, -0.25) is 0 Å². The molecule has 0 unspecified atom stereocenters. The fourth-order valence-electron chi connectivity index (χ4n) is 2.14. The number of hydrogen-bond acceptors (Lipinski definition) is 2. The zero-order valence-electron chi connectivity index (χ0n) is 10.9. The van der Waals surface area contributed by atoms with E-state index in [2.05, 4.69) is 10.3 Å². The molecule has 0 radical (unpaired) electrons. The summed E-state index contributed by atoms with van der Waals surface area (Å²) in [6.07, 6.45) is 3.80. The molecule has 0 saturated heterocycles. The topological polar surface area (TPSA) is 29.3 Å². The molecule has 102 valence electrons. The lowest BCUT2D eigenvalue weighted by Crippen LogP contribution is -2.01. The second-order valence-corrected chi connectivity index (χ2v) is 5.47. The molecule has 3 rings (SSSR count). The normalized spacial score (nSPS) is 10.9. The van der Waals surface area contributed by atoms with Crippen LogP contribution >= 0.6 is 23.2 Å². The third kappa shape index (κ3) is 2.60. The Labute approximate surface area is 127 Å². The van der Waals surface area contributed by atoms with Gasteiger partial charge in [0, 0.05) is 12.4 Å². The average Bonchev–Trinajstić information content (AvgIpc) is 2.80. The maximum atomic E-state index is 6.19. The lowest BCUT2D eigenvalue weighted by Gasteiger charge is -2.09. The fraction of sp³-hybridized carbons (Fsp3) is 0.133. The van der Waals surface area contributed by atoms with Crippen molar-refractivity contribution < 1.29 is 0 Å². The zero-order valence-corrected chi connectivity index (χ0v) is 12.4. The Hall–Kier alpha value is -1.71. The summed E-state index contributed by atoms with van der Waals surface area (Å²) in [4.78, 5) is 4.53. The molecule has 0 aliphatic rings. The van der Waals surface area contributed by atoms with Crippen molar-refractivity contribution in [3.05, 3.63) is 64.0 Å². The summed E-state index contributed by atoms with van der Waals surface area (Å²) in [5, 5.41) is 4.74. The SMILES string of the molecule is Cc1cccc(Cl)c1NCc1cn2cc(Cl)ccc2n1. The Morgan fingerprint density at radius 2 is 2.00 bits per heavy atom. The largest absolute Gasteiger partial charge is 0.378 e. The Kier molecular flexibility index (Phi) is 3.55. The summed E-state index contributed by atoms with van der Waals surface area (Å²) < 4.78 is 1.92. The molecule has 0 atom stereocenters. The van der Waals surface area contributed by atoms with Crippen LogP contribution in [0.5, 0.6) is 0 Å². The van der Waals surface area contributed by atoms with Crippen molar-refractivity contribution in [3.63, 3.8) is 0 Å². The highest BCUT2D eigenvalue weighted by Gasteiger charge is 2.05. The van der Waals surface area contributed by atoms with E-state index in [1.807, 2.05) is 54.0 Å². The lowest BCUT2D eigenvalue weighted by molar-refractivity contribution is 1.07. The van der Waals surface area contributed by atoms with Gasteiger partial charge in [0.25, 0.3) is 0 Å². The maximum Gasteiger partial charge on any atom is 0.137 e. The second-order valence-electron chi connectivity index (χ2n) is 4.63. The van der Waals surface area contributed by atoms with Crippen LogP contribution in [0.25, 0.3) is 5.65 Å². The maximum absolute atomic E-state index is 6.19. The van der Waals surface area contributed by atoms with Gasteiger partial charge in [0.2, 0.25) is 0 Å². The first-order chi connectivity index (χ1) is 9.63. The Balaban J connectivity index is 1.83. The van der Waals surface area contributed by atoms with Crippen LogP contribution in [0.15, 0.2) is 42.7 Å². The van der Waals surface area contributed by atoms with Crippen LogP contribution in [-0.4, -0.2) is 9.38 Å². The van der Waals surface area contributed by atoms with E-state index < -0.39 is 0 Å². The number of benzene rings is 1. The van der Waals surface area contributed by atoms with E-state index in [1.165, 1.54) is 0 Å². The quantitative estimate of drug-likeness (QED) is 0.768. The zero-order chi connectivity index (χ0) is 14.1. The molecule has 0 spiro atoms. The number of anilines is 1. The van der Waals surface area contributed by atoms with Crippen molar-refractivity contribution in [2.24, 2.45) is 0 Å². The van der Waals surface area contributed by atoms with Crippen LogP contribution in [0, 0.1) is 6.92 Å². The van der Waals surface area contributed by atoms with Crippen LogP contribution < -0.4 is 5.32 Å². The number of nitrogens with one attached hydrogen (secondary N) is 1. The summed E-state index contributed by atoms with van der Waals surface area (Å²) in [5.41, 5.74) is 3.88. The number of aromatic nitrogens is 2. The molecule has 0 amide bonds. The third-order valence-electron chi connectivity index (χ3n) is 3.13. The predicted octanol–water partition coefficient (Wildman–Crippen LogP) is 4.56. The summed E-state index contributed by atoms with van der Waals surface area (Å²) in [6, 6.07) is 9.57. The van der Waals surface area contributed by atoms with Gasteiger partial charge in [0.05, 0.1) is 28.0 Å². The first-order valence-corrected chi connectivity index (χ1v) is 7.01. The van der Waals surface area contributed by atoms with E-state index in [0.717, 1.165) is 27.6 Å². The van der Waals surface area contributed by atoms with Crippen molar-refractivity contribution in [1.29, 1.82) is 0 Å². The number of rotatable bonds is 3. The van der Waals surface area contributed by atoms with Crippen LogP contribution in [-0.2, 0) is 6.54 Å². The minimum atomic E-state index is 0.615. The Morgan fingerprint density at radius 1 is 1.15 bits per heavy atom. The Bertz CT molecular complexity index is 745. The van der Waals surface area contributed by atoms with Gasteiger partial charge in [-0.2, -0.15) is 0 Å². The highest BCUT2D eigenvalue weighted by molar-refractivity contribution is 6.33. The van der Waals surface area contributed by atoms with Crippen LogP contribution in [0.2, 0.25) is 10.0 Å². The van der Waals surface area contributed by atoms with E-state index >= 15 is 0 Å². The van der Waals surface area contributed by atoms with Crippen LogP contribution in [0.4, 0.5) is 5.69 Å². The third-order valence-corrected chi connectivity index (χ3v) is 3.67. The van der Waals surface area contributed by atoms with Crippen molar-refractivity contribution in [2.45, 2.75) is 13.5 Å². The van der Waals surface area contributed by atoms with E-state index in [-0.39, 0.29) is 0 Å². The lowest BCUT2D eigenvalue weighted by atomic mass is 10.2. The molecular formula is C15H13Cl2N3. The van der Waals surface area contributed by atoms with E-state index in [9.17, 15) is 0 Å². The number of pyridine rings is 1. The van der Waals surface area contributed by atoms with Gasteiger partial charge in [-0.05, 0) is 30.7 Å². The molecule has 5 heteroatoms. The molecule has 0 saturated carbocycles. The molecule has 0 bridgehead atoms. The van der Waals surface area contributed by atoms with Crippen LogP contribution in [0.3, 0.4) is 0 Å². The highest BCUT2D eigenvalue weighted by atomic mass is 35.5. The minimum Gasteiger partial charge on any atom is -0.378 e. The van der Waals surface area contributed by atoms with Crippen molar-refractivity contribution >= 4 is 34.5 Å². The standard InChI is InChI=1S/C15H13Cl2N3/c1-10-3-2-4-13(17)15(10)18-7-12-9-20-8-11(16)5-6-14(20)19-12/h2-6,8-9,18H,7H2,1H3. The average molecular weight is 306 g/mol. The number of imidazole rings is 1. The summed E-state index contributed by atoms with van der Waals surface area (Å²) in [5.74, 6) is 0. The number of para-hydroxylation sites is 1. The molecule has 20 heavy (non-hydrogen) atoms. The highest BCUT2D eigenvalue weighted by Crippen LogP contribution is 2.25. The summed E-state index contributed by atoms with van der Waals surface area (Å²) in [7, 11) is 0. The summed E-state index contributed by atoms with van der Waals surface area (Å²) >= 11 is 12.2. The fourth-order valence-corrected chi connectivity index (χ4v) is 2.59. The monoisotopic (exact) mass is 305 g/mol. The van der Waals surface area contributed by atoms with Gasteiger partial charge in [-0.1, -0.05) is 35.3 Å². The number of hydrogen-bond donors (Lipinski definition) is 1. The van der Waals surface area contributed by atoms with Crippen molar-refractivity contribution in [3.8, 4) is 0 Å². The van der Waals surface area contributed by atoms with E-state index in [0.29, 0.717) is 11.6 Å². The van der Waals surface area contributed by atoms with Gasteiger partial charge < -0.3 is 9.72 Å².